The van der Waals surface area contributed by atoms with Crippen LogP contribution in [-0.2, 0) is 9.47 Å². The van der Waals surface area contributed by atoms with Crippen molar-refractivity contribution in [3.05, 3.63) is 77.9 Å². The number of ether oxygens (including phenoxy) is 3. The van der Waals surface area contributed by atoms with Crippen molar-refractivity contribution in [2.24, 2.45) is 0 Å². The number of carbonyl (C=O) groups excluding carboxylic acids is 2. The van der Waals surface area contributed by atoms with E-state index in [1.807, 2.05) is 30.3 Å². The summed E-state index contributed by atoms with van der Waals surface area (Å²) in [4.78, 5) is 26.7. The Kier molecular flexibility index (Phi) is 6.22. The molecule has 3 aromatic carbocycles. The number of phenols is 1. The lowest BCUT2D eigenvalue weighted by Crippen LogP contribution is -2.19. The zero-order chi connectivity index (χ0) is 21.7. The van der Waals surface area contributed by atoms with Gasteiger partial charge in [0.2, 0.25) is 0 Å². The maximum Gasteiger partial charge on any atom is 0.340 e. The SMILES string of the molecule is COC(=O)c1cccc(N(c2ccccc2)c2cc(OC)ccc2O)c1C(=O)OC. The molecule has 0 aliphatic rings. The number of carbonyl (C=O) groups is 2. The molecule has 154 valence electrons. The Labute approximate surface area is 174 Å². The number of benzene rings is 3. The highest BCUT2D eigenvalue weighted by Gasteiger charge is 2.28. The molecule has 0 bridgehead atoms. The Morgan fingerprint density at radius 1 is 0.800 bits per heavy atom. The first-order valence-electron chi connectivity index (χ1n) is 9.03. The summed E-state index contributed by atoms with van der Waals surface area (Å²) >= 11 is 0. The fourth-order valence-electron chi connectivity index (χ4n) is 3.12. The maximum absolute atomic E-state index is 12.7. The first-order valence-corrected chi connectivity index (χ1v) is 9.03. The molecule has 0 spiro atoms. The highest BCUT2D eigenvalue weighted by atomic mass is 16.5. The predicted octanol–water partition coefficient (Wildman–Crippen LogP) is 4.44. The zero-order valence-electron chi connectivity index (χ0n) is 16.8. The Hall–Kier alpha value is -4.00. The minimum Gasteiger partial charge on any atom is -0.506 e. The number of nitrogens with zero attached hydrogens (tertiary/aromatic N) is 1. The standard InChI is InChI=1S/C23H21NO6/c1-28-16-12-13-20(25)19(14-16)24(15-8-5-4-6-9-15)18-11-7-10-17(22(26)29-2)21(18)23(27)30-3/h4-14,25H,1-3H3. The lowest BCUT2D eigenvalue weighted by molar-refractivity contribution is 0.0556. The van der Waals surface area contributed by atoms with Crippen LogP contribution in [0.5, 0.6) is 11.5 Å². The van der Waals surface area contributed by atoms with Gasteiger partial charge >= 0.3 is 11.9 Å². The second kappa shape index (κ2) is 9.00. The number of esters is 2. The van der Waals surface area contributed by atoms with E-state index in [0.717, 1.165) is 0 Å². The Balaban J connectivity index is 2.36. The third-order valence-corrected chi connectivity index (χ3v) is 4.52. The van der Waals surface area contributed by atoms with Crippen LogP contribution in [0.2, 0.25) is 0 Å². The molecule has 0 saturated carbocycles. The molecule has 0 aliphatic heterocycles. The highest BCUT2D eigenvalue weighted by molar-refractivity contribution is 6.08. The van der Waals surface area contributed by atoms with E-state index < -0.39 is 11.9 Å². The van der Waals surface area contributed by atoms with E-state index in [4.69, 9.17) is 14.2 Å². The molecule has 30 heavy (non-hydrogen) atoms. The van der Waals surface area contributed by atoms with Crippen LogP contribution in [0.25, 0.3) is 0 Å². The monoisotopic (exact) mass is 407 g/mol. The quantitative estimate of drug-likeness (QED) is 0.605. The summed E-state index contributed by atoms with van der Waals surface area (Å²) in [5.41, 5.74) is 1.39. The van der Waals surface area contributed by atoms with E-state index in [2.05, 4.69) is 0 Å². The molecule has 3 aromatic rings. The predicted molar refractivity (Wildman–Crippen MR) is 112 cm³/mol. The van der Waals surface area contributed by atoms with Gasteiger partial charge in [0.05, 0.1) is 43.8 Å². The third-order valence-electron chi connectivity index (χ3n) is 4.52. The van der Waals surface area contributed by atoms with Crippen molar-refractivity contribution in [2.45, 2.75) is 0 Å². The topological polar surface area (TPSA) is 85.3 Å². The fourth-order valence-corrected chi connectivity index (χ4v) is 3.12. The molecule has 0 radical (unpaired) electrons. The largest absolute Gasteiger partial charge is 0.506 e. The van der Waals surface area contributed by atoms with Crippen molar-refractivity contribution in [1.29, 1.82) is 0 Å². The van der Waals surface area contributed by atoms with Crippen molar-refractivity contribution >= 4 is 29.0 Å². The molecule has 0 aliphatic carbocycles. The summed E-state index contributed by atoms with van der Waals surface area (Å²) in [7, 11) is 3.98. The Morgan fingerprint density at radius 2 is 1.50 bits per heavy atom. The molecular weight excluding hydrogens is 386 g/mol. The number of hydrogen-bond donors (Lipinski definition) is 1. The normalized spacial score (nSPS) is 10.2. The van der Waals surface area contributed by atoms with Crippen LogP contribution in [0, 0.1) is 0 Å². The van der Waals surface area contributed by atoms with Gasteiger partial charge in [0.15, 0.2) is 0 Å². The van der Waals surface area contributed by atoms with Crippen molar-refractivity contribution in [2.75, 3.05) is 26.2 Å². The summed E-state index contributed by atoms with van der Waals surface area (Å²) in [5, 5.41) is 10.6. The lowest BCUT2D eigenvalue weighted by Gasteiger charge is -2.28. The summed E-state index contributed by atoms with van der Waals surface area (Å²) in [6, 6.07) is 18.6. The van der Waals surface area contributed by atoms with E-state index in [0.29, 0.717) is 22.8 Å². The number of phenolic OH excluding ortho intramolecular Hbond substituents is 1. The van der Waals surface area contributed by atoms with Gasteiger partial charge in [-0.2, -0.15) is 0 Å². The first kappa shape index (κ1) is 20.7. The first-order chi connectivity index (χ1) is 14.5. The van der Waals surface area contributed by atoms with E-state index >= 15 is 0 Å². The van der Waals surface area contributed by atoms with Gasteiger partial charge < -0.3 is 24.2 Å². The molecule has 0 saturated heterocycles. The minimum atomic E-state index is -0.714. The van der Waals surface area contributed by atoms with E-state index in [1.165, 1.54) is 33.5 Å². The van der Waals surface area contributed by atoms with Gasteiger partial charge in [-0.1, -0.05) is 24.3 Å². The van der Waals surface area contributed by atoms with Gasteiger partial charge in [-0.3, -0.25) is 0 Å². The smallest absolute Gasteiger partial charge is 0.340 e. The second-order valence-electron chi connectivity index (χ2n) is 6.21. The van der Waals surface area contributed by atoms with Crippen LogP contribution in [0.15, 0.2) is 66.7 Å². The Morgan fingerprint density at radius 3 is 2.13 bits per heavy atom. The molecular formula is C23H21NO6. The van der Waals surface area contributed by atoms with Crippen LogP contribution < -0.4 is 9.64 Å². The number of methoxy groups -OCH3 is 3. The fraction of sp³-hybridized carbons (Fsp3) is 0.130. The lowest BCUT2D eigenvalue weighted by atomic mass is 10.0. The summed E-state index contributed by atoms with van der Waals surface area (Å²) in [5.74, 6) is -0.930. The van der Waals surface area contributed by atoms with Crippen LogP contribution in [0.3, 0.4) is 0 Å². The highest BCUT2D eigenvalue weighted by Crippen LogP contribution is 2.43. The number of anilines is 3. The van der Waals surface area contributed by atoms with E-state index in [9.17, 15) is 14.7 Å². The second-order valence-corrected chi connectivity index (χ2v) is 6.21. The van der Waals surface area contributed by atoms with Gasteiger partial charge in [0.1, 0.15) is 11.5 Å². The molecule has 7 heteroatoms. The third kappa shape index (κ3) is 3.91. The van der Waals surface area contributed by atoms with Gasteiger partial charge in [-0.05, 0) is 36.4 Å². The molecule has 1 N–H and O–H groups in total. The summed E-state index contributed by atoms with van der Waals surface area (Å²) in [6.07, 6.45) is 0. The van der Waals surface area contributed by atoms with Crippen LogP contribution in [-0.4, -0.2) is 38.4 Å². The van der Waals surface area contributed by atoms with Gasteiger partial charge in [-0.15, -0.1) is 0 Å². The van der Waals surface area contributed by atoms with Gasteiger partial charge in [0, 0.05) is 11.8 Å². The van der Waals surface area contributed by atoms with Crippen LogP contribution >= 0.6 is 0 Å². The average molecular weight is 407 g/mol. The zero-order valence-corrected chi connectivity index (χ0v) is 16.8. The molecule has 3 rings (SSSR count). The van der Waals surface area contributed by atoms with Gasteiger partial charge in [-0.25, -0.2) is 9.59 Å². The average Bonchev–Trinajstić information content (AvgIpc) is 2.80. The molecule has 0 aromatic heterocycles. The summed E-state index contributed by atoms with van der Waals surface area (Å²) in [6.45, 7) is 0. The molecule has 7 nitrogen and oxygen atoms in total. The van der Waals surface area contributed by atoms with Gasteiger partial charge in [0.25, 0.3) is 0 Å². The van der Waals surface area contributed by atoms with E-state index in [1.54, 1.807) is 29.2 Å². The molecule has 0 heterocycles. The Bertz CT molecular complexity index is 1060. The molecule has 0 amide bonds. The number of aromatic hydroxyl groups is 1. The molecule has 0 fully saturated rings. The van der Waals surface area contributed by atoms with Crippen LogP contribution in [0.4, 0.5) is 17.1 Å². The van der Waals surface area contributed by atoms with Crippen molar-refractivity contribution < 1.29 is 28.9 Å². The minimum absolute atomic E-state index is 0.0120. The maximum atomic E-state index is 12.7. The molecule has 0 atom stereocenters. The number of hydrogen-bond acceptors (Lipinski definition) is 7. The number of rotatable bonds is 6. The molecule has 0 unspecified atom stereocenters. The summed E-state index contributed by atoms with van der Waals surface area (Å²) < 4.78 is 15.1. The van der Waals surface area contributed by atoms with Crippen molar-refractivity contribution in [3.63, 3.8) is 0 Å². The van der Waals surface area contributed by atoms with Crippen molar-refractivity contribution in [1.82, 2.24) is 0 Å². The van der Waals surface area contributed by atoms with Crippen molar-refractivity contribution in [3.8, 4) is 11.5 Å². The number of para-hydroxylation sites is 1. The van der Waals surface area contributed by atoms with E-state index in [-0.39, 0.29) is 16.9 Å². The van der Waals surface area contributed by atoms with Crippen LogP contribution in [0.1, 0.15) is 20.7 Å².